The molecule has 0 radical (unpaired) electrons. The first kappa shape index (κ1) is 18.0. The van der Waals surface area contributed by atoms with Crippen LogP contribution in [0.15, 0.2) is 78.9 Å². The number of nitrogens with zero attached hydrogens (tertiary/aromatic N) is 2. The Morgan fingerprint density at radius 3 is 2.31 bits per heavy atom. The number of piperazine rings is 1. The van der Waals surface area contributed by atoms with Crippen molar-refractivity contribution in [2.45, 2.75) is 6.54 Å². The van der Waals surface area contributed by atoms with Crippen molar-refractivity contribution in [2.75, 3.05) is 43.4 Å². The standard InChI is InChI=1S/C26H27N3/c1-28-14-16-29(17-15-28)26-11-5-8-21-12-13-23(18-25(21)26)27-19-22-9-4-7-20-6-2-3-10-24(20)22/h2-13,18,27H,14-17,19H2,1H3. The monoisotopic (exact) mass is 381 g/mol. The van der Waals surface area contributed by atoms with Crippen LogP contribution in [0, 0.1) is 0 Å². The van der Waals surface area contributed by atoms with Crippen LogP contribution in [-0.4, -0.2) is 38.1 Å². The van der Waals surface area contributed by atoms with E-state index >= 15 is 0 Å². The van der Waals surface area contributed by atoms with E-state index in [-0.39, 0.29) is 0 Å². The lowest BCUT2D eigenvalue weighted by molar-refractivity contribution is 0.313. The number of nitrogens with one attached hydrogen (secondary N) is 1. The van der Waals surface area contributed by atoms with Crippen LogP contribution < -0.4 is 10.2 Å². The average Bonchev–Trinajstić information content (AvgIpc) is 2.78. The van der Waals surface area contributed by atoms with E-state index in [0.717, 1.165) is 32.7 Å². The van der Waals surface area contributed by atoms with Gasteiger partial charge in [0.15, 0.2) is 0 Å². The van der Waals surface area contributed by atoms with Crippen LogP contribution in [-0.2, 0) is 6.54 Å². The van der Waals surface area contributed by atoms with Gasteiger partial charge in [-0.3, -0.25) is 0 Å². The molecule has 0 atom stereocenters. The molecule has 1 fully saturated rings. The molecule has 0 amide bonds. The molecule has 0 unspecified atom stereocenters. The van der Waals surface area contributed by atoms with E-state index in [2.05, 4.69) is 101 Å². The van der Waals surface area contributed by atoms with Gasteiger partial charge in [-0.2, -0.15) is 0 Å². The highest BCUT2D eigenvalue weighted by atomic mass is 15.2. The minimum atomic E-state index is 0.823. The molecule has 1 N–H and O–H groups in total. The van der Waals surface area contributed by atoms with Crippen molar-refractivity contribution < 1.29 is 0 Å². The highest BCUT2D eigenvalue weighted by Crippen LogP contribution is 2.30. The van der Waals surface area contributed by atoms with E-state index in [1.807, 2.05) is 0 Å². The predicted molar refractivity (Wildman–Crippen MR) is 125 cm³/mol. The summed E-state index contributed by atoms with van der Waals surface area (Å²) in [6.07, 6.45) is 0. The zero-order valence-corrected chi connectivity index (χ0v) is 16.9. The van der Waals surface area contributed by atoms with Crippen molar-refractivity contribution in [3.63, 3.8) is 0 Å². The van der Waals surface area contributed by atoms with Gasteiger partial charge in [-0.15, -0.1) is 0 Å². The predicted octanol–water partition coefficient (Wildman–Crippen LogP) is 5.36. The first-order valence-electron chi connectivity index (χ1n) is 10.4. The Balaban J connectivity index is 1.43. The first-order valence-corrected chi connectivity index (χ1v) is 10.4. The first-order chi connectivity index (χ1) is 14.3. The van der Waals surface area contributed by atoms with Gasteiger partial charge in [0.25, 0.3) is 0 Å². The van der Waals surface area contributed by atoms with Gasteiger partial charge in [0.05, 0.1) is 0 Å². The summed E-state index contributed by atoms with van der Waals surface area (Å²) in [5.74, 6) is 0. The fourth-order valence-electron chi connectivity index (χ4n) is 4.33. The summed E-state index contributed by atoms with van der Waals surface area (Å²) in [7, 11) is 2.20. The minimum Gasteiger partial charge on any atom is -0.381 e. The van der Waals surface area contributed by atoms with Gasteiger partial charge in [0.1, 0.15) is 0 Å². The van der Waals surface area contributed by atoms with Crippen molar-refractivity contribution in [3.05, 3.63) is 84.4 Å². The van der Waals surface area contributed by atoms with E-state index in [1.54, 1.807) is 0 Å². The molecule has 1 aliphatic heterocycles. The summed E-state index contributed by atoms with van der Waals surface area (Å²) in [4.78, 5) is 4.93. The molecule has 146 valence electrons. The minimum absolute atomic E-state index is 0.823. The lowest BCUT2D eigenvalue weighted by Gasteiger charge is -2.34. The lowest BCUT2D eigenvalue weighted by Crippen LogP contribution is -2.44. The summed E-state index contributed by atoms with van der Waals surface area (Å²) in [6, 6.07) is 28.5. The van der Waals surface area contributed by atoms with Gasteiger partial charge in [0, 0.05) is 49.5 Å². The van der Waals surface area contributed by atoms with Gasteiger partial charge in [-0.05, 0) is 47.0 Å². The SMILES string of the molecule is CN1CCN(c2cccc3ccc(NCc4cccc5ccccc45)cc23)CC1. The highest BCUT2D eigenvalue weighted by molar-refractivity contribution is 5.96. The van der Waals surface area contributed by atoms with Crippen molar-refractivity contribution in [1.29, 1.82) is 0 Å². The average molecular weight is 382 g/mol. The molecule has 0 spiro atoms. The normalized spacial score (nSPS) is 15.1. The van der Waals surface area contributed by atoms with Crippen LogP contribution >= 0.6 is 0 Å². The zero-order valence-electron chi connectivity index (χ0n) is 16.9. The Bertz CT molecular complexity index is 1140. The van der Waals surface area contributed by atoms with Crippen LogP contribution in [0.1, 0.15) is 5.56 Å². The van der Waals surface area contributed by atoms with Gasteiger partial charge in [-0.1, -0.05) is 60.7 Å². The van der Waals surface area contributed by atoms with Crippen molar-refractivity contribution in [2.24, 2.45) is 0 Å². The molecule has 0 aliphatic carbocycles. The van der Waals surface area contributed by atoms with Crippen molar-refractivity contribution >= 4 is 32.9 Å². The van der Waals surface area contributed by atoms with E-state index in [4.69, 9.17) is 0 Å². The zero-order chi connectivity index (χ0) is 19.6. The van der Waals surface area contributed by atoms with Crippen LogP contribution in [0.4, 0.5) is 11.4 Å². The van der Waals surface area contributed by atoms with E-state index in [0.29, 0.717) is 0 Å². The Morgan fingerprint density at radius 2 is 1.45 bits per heavy atom. The van der Waals surface area contributed by atoms with Gasteiger partial charge in [0.2, 0.25) is 0 Å². The third-order valence-electron chi connectivity index (χ3n) is 6.07. The fraction of sp³-hybridized carbons (Fsp3) is 0.231. The number of fused-ring (bicyclic) bond motifs is 2. The van der Waals surface area contributed by atoms with Gasteiger partial charge >= 0.3 is 0 Å². The van der Waals surface area contributed by atoms with E-state index in [1.165, 1.54) is 38.5 Å². The fourth-order valence-corrected chi connectivity index (χ4v) is 4.33. The molecular weight excluding hydrogens is 354 g/mol. The number of hydrogen-bond donors (Lipinski definition) is 1. The van der Waals surface area contributed by atoms with E-state index < -0.39 is 0 Å². The lowest BCUT2D eigenvalue weighted by atomic mass is 10.0. The topological polar surface area (TPSA) is 18.5 Å². The molecule has 0 saturated carbocycles. The number of rotatable bonds is 4. The summed E-state index contributed by atoms with van der Waals surface area (Å²) >= 11 is 0. The summed E-state index contributed by atoms with van der Waals surface area (Å²) in [5.41, 5.74) is 3.85. The molecule has 1 aliphatic rings. The second-order valence-corrected chi connectivity index (χ2v) is 8.00. The highest BCUT2D eigenvalue weighted by Gasteiger charge is 2.16. The molecule has 5 rings (SSSR count). The van der Waals surface area contributed by atoms with Crippen LogP contribution in [0.3, 0.4) is 0 Å². The molecule has 1 saturated heterocycles. The second-order valence-electron chi connectivity index (χ2n) is 8.00. The number of likely N-dealkylation sites (N-methyl/N-ethyl adjacent to an activating group) is 1. The smallest absolute Gasteiger partial charge is 0.0447 e. The Kier molecular flexibility index (Phi) is 4.82. The Labute approximate surface area is 172 Å². The van der Waals surface area contributed by atoms with E-state index in [9.17, 15) is 0 Å². The molecule has 0 bridgehead atoms. The Morgan fingerprint density at radius 1 is 0.724 bits per heavy atom. The molecule has 3 heteroatoms. The van der Waals surface area contributed by atoms with Crippen LogP contribution in [0.25, 0.3) is 21.5 Å². The summed E-state index contributed by atoms with van der Waals surface area (Å²) in [5, 5.41) is 8.91. The molecule has 0 aromatic heterocycles. The molecule has 29 heavy (non-hydrogen) atoms. The largest absolute Gasteiger partial charge is 0.381 e. The third kappa shape index (κ3) is 3.66. The quantitative estimate of drug-likeness (QED) is 0.514. The number of hydrogen-bond acceptors (Lipinski definition) is 3. The Hall–Kier alpha value is -3.04. The van der Waals surface area contributed by atoms with Crippen LogP contribution in [0.5, 0.6) is 0 Å². The van der Waals surface area contributed by atoms with Gasteiger partial charge in [-0.25, -0.2) is 0 Å². The molecule has 4 aromatic rings. The van der Waals surface area contributed by atoms with Crippen molar-refractivity contribution in [3.8, 4) is 0 Å². The third-order valence-corrected chi connectivity index (χ3v) is 6.07. The molecule has 4 aromatic carbocycles. The molecule has 3 nitrogen and oxygen atoms in total. The second kappa shape index (κ2) is 7.76. The maximum Gasteiger partial charge on any atom is 0.0447 e. The molecule has 1 heterocycles. The molecular formula is C26H27N3. The maximum absolute atomic E-state index is 3.66. The number of anilines is 2. The summed E-state index contributed by atoms with van der Waals surface area (Å²) < 4.78 is 0. The van der Waals surface area contributed by atoms with Crippen molar-refractivity contribution in [1.82, 2.24) is 4.90 Å². The van der Waals surface area contributed by atoms with Crippen LogP contribution in [0.2, 0.25) is 0 Å². The maximum atomic E-state index is 3.66. The number of benzene rings is 4. The van der Waals surface area contributed by atoms with Gasteiger partial charge < -0.3 is 15.1 Å². The summed E-state index contributed by atoms with van der Waals surface area (Å²) in [6.45, 7) is 5.24.